The average molecular weight is 278 g/mol. The van der Waals surface area contributed by atoms with E-state index in [1.54, 1.807) is 0 Å². The second kappa shape index (κ2) is 5.45. The van der Waals surface area contributed by atoms with Crippen molar-refractivity contribution in [2.75, 3.05) is 0 Å². The summed E-state index contributed by atoms with van der Waals surface area (Å²) >= 11 is 0. The van der Waals surface area contributed by atoms with Crippen molar-refractivity contribution in [3.05, 3.63) is 42.1 Å². The molecule has 0 spiro atoms. The number of nitrogens with zero attached hydrogens (tertiary/aromatic N) is 1. The van der Waals surface area contributed by atoms with Crippen LogP contribution in [-0.2, 0) is 0 Å². The van der Waals surface area contributed by atoms with Gasteiger partial charge in [0.05, 0.1) is 0 Å². The summed E-state index contributed by atoms with van der Waals surface area (Å²) < 4.78 is 2.71. The third-order valence-electron chi connectivity index (χ3n) is 3.00. The fraction of sp³-hybridized carbons (Fsp3) is 0.467. The maximum Gasteiger partial charge on any atom is 0.138 e. The van der Waals surface area contributed by atoms with Gasteiger partial charge in [0.2, 0.25) is 0 Å². The molecule has 0 aromatic heterocycles. The highest BCUT2D eigenvalue weighted by atomic mass is 28.4. The van der Waals surface area contributed by atoms with Crippen molar-refractivity contribution >= 4 is 22.0 Å². The summed E-state index contributed by atoms with van der Waals surface area (Å²) in [6.07, 6.45) is 2.41. The Balaban J connectivity index is 3.11. The second-order valence-electron chi connectivity index (χ2n) is 6.89. The van der Waals surface area contributed by atoms with Crippen molar-refractivity contribution in [1.29, 1.82) is 0 Å². The van der Waals surface area contributed by atoms with Gasteiger partial charge < -0.3 is 4.23 Å². The van der Waals surface area contributed by atoms with Crippen LogP contribution in [0, 0.1) is 0 Å². The van der Waals surface area contributed by atoms with E-state index >= 15 is 0 Å². The minimum atomic E-state index is -1.30. The van der Waals surface area contributed by atoms with Crippen molar-refractivity contribution < 1.29 is 0 Å². The number of hydrogen-bond acceptors (Lipinski definition) is 1. The molecule has 1 nitrogen and oxygen atoms in total. The van der Waals surface area contributed by atoms with Crippen LogP contribution in [0.5, 0.6) is 0 Å². The first-order valence-electron chi connectivity index (χ1n) is 6.65. The zero-order valence-electron chi connectivity index (χ0n) is 12.9. The molecule has 1 rings (SSSR count). The van der Waals surface area contributed by atoms with E-state index in [-0.39, 0.29) is 0 Å². The van der Waals surface area contributed by atoms with Crippen LogP contribution in [0.1, 0.15) is 12.5 Å². The summed E-state index contributed by atoms with van der Waals surface area (Å²) in [7, 11) is -2.60. The van der Waals surface area contributed by atoms with Crippen LogP contribution in [0.2, 0.25) is 39.3 Å². The minimum Gasteiger partial charge on any atom is -0.430 e. The molecule has 3 heteroatoms. The molecule has 1 aromatic rings. The molecule has 0 saturated carbocycles. The van der Waals surface area contributed by atoms with Gasteiger partial charge in [-0.2, -0.15) is 0 Å². The molecule has 0 amide bonds. The van der Waals surface area contributed by atoms with Crippen molar-refractivity contribution in [3.8, 4) is 0 Å². The Bertz CT molecular complexity index is 396. The molecule has 1 aromatic carbocycles. The zero-order chi connectivity index (χ0) is 14.0. The second-order valence-corrected chi connectivity index (χ2v) is 17.0. The number of hydrogen-bond donors (Lipinski definition) is 0. The third-order valence-corrected chi connectivity index (χ3v) is 10.2. The number of benzene rings is 1. The van der Waals surface area contributed by atoms with Gasteiger partial charge in [-0.25, -0.2) is 0 Å². The lowest BCUT2D eigenvalue weighted by atomic mass is 10.1. The first-order valence-corrected chi connectivity index (χ1v) is 13.5. The summed E-state index contributed by atoms with van der Waals surface area (Å²) in [6.45, 7) is 16.8. The van der Waals surface area contributed by atoms with Crippen LogP contribution < -0.4 is 0 Å². The van der Waals surface area contributed by atoms with Crippen LogP contribution in [0.15, 0.2) is 36.5 Å². The average Bonchev–Trinajstić information content (AvgIpc) is 2.23. The van der Waals surface area contributed by atoms with E-state index in [9.17, 15) is 0 Å². The lowest BCUT2D eigenvalue weighted by Crippen LogP contribution is -2.55. The quantitative estimate of drug-likeness (QED) is 0.699. The molecule has 100 valence electrons. The molecular formula is C15H27NSi2. The predicted molar refractivity (Wildman–Crippen MR) is 88.6 cm³/mol. The van der Waals surface area contributed by atoms with Gasteiger partial charge in [-0.05, 0) is 24.3 Å². The largest absolute Gasteiger partial charge is 0.430 e. The van der Waals surface area contributed by atoms with Gasteiger partial charge in [-0.3, -0.25) is 0 Å². The monoisotopic (exact) mass is 277 g/mol. The molecule has 0 atom stereocenters. The van der Waals surface area contributed by atoms with E-state index in [2.05, 4.69) is 87.0 Å². The lowest BCUT2D eigenvalue weighted by Gasteiger charge is -2.43. The Hall–Kier alpha value is -0.806. The number of allylic oxidation sites excluding steroid dienone is 1. The van der Waals surface area contributed by atoms with Crippen LogP contribution in [-0.4, -0.2) is 20.7 Å². The fourth-order valence-electron chi connectivity index (χ4n) is 2.36. The third kappa shape index (κ3) is 4.14. The standard InChI is InChI=1S/C15H27NSi2/c1-14(15-11-9-8-10-12-15)13-16(17(2,3)4)18(5,6)7/h8-13H,1-7H3/b14-13+. The highest BCUT2D eigenvalue weighted by Gasteiger charge is 2.32. The Morgan fingerprint density at radius 1 is 0.889 bits per heavy atom. The molecule has 0 fully saturated rings. The van der Waals surface area contributed by atoms with E-state index < -0.39 is 16.5 Å². The Morgan fingerprint density at radius 2 is 1.33 bits per heavy atom. The molecule has 0 N–H and O–H groups in total. The maximum atomic E-state index is 2.71. The molecule has 0 aliphatic rings. The summed E-state index contributed by atoms with van der Waals surface area (Å²) in [5.41, 5.74) is 2.71. The summed E-state index contributed by atoms with van der Waals surface area (Å²) in [5.74, 6) is 0. The van der Waals surface area contributed by atoms with E-state index in [1.807, 2.05) is 0 Å². The van der Waals surface area contributed by atoms with E-state index in [0.717, 1.165) is 0 Å². The lowest BCUT2D eigenvalue weighted by molar-refractivity contribution is 0.832. The number of rotatable bonds is 4. The summed E-state index contributed by atoms with van der Waals surface area (Å²) in [5, 5.41) is 0. The molecule has 0 saturated heterocycles. The molecule has 0 heterocycles. The van der Waals surface area contributed by atoms with E-state index in [1.165, 1.54) is 11.1 Å². The van der Waals surface area contributed by atoms with Crippen LogP contribution in [0.3, 0.4) is 0 Å². The molecular weight excluding hydrogens is 250 g/mol. The fourth-order valence-corrected chi connectivity index (χ4v) is 11.6. The smallest absolute Gasteiger partial charge is 0.138 e. The van der Waals surface area contributed by atoms with Gasteiger partial charge >= 0.3 is 0 Å². The summed E-state index contributed by atoms with van der Waals surface area (Å²) in [4.78, 5) is 0. The SMILES string of the molecule is C/C(=C\N([Si](C)(C)C)[Si](C)(C)C)c1ccccc1. The van der Waals surface area contributed by atoms with Gasteiger partial charge in [0.1, 0.15) is 16.5 Å². The minimum absolute atomic E-state index is 1.30. The first kappa shape index (κ1) is 15.3. The molecule has 0 aliphatic carbocycles. The maximum absolute atomic E-state index is 2.71. The van der Waals surface area contributed by atoms with Gasteiger partial charge in [0.15, 0.2) is 0 Å². The van der Waals surface area contributed by atoms with Gasteiger partial charge in [-0.1, -0.05) is 69.6 Å². The molecule has 0 unspecified atom stereocenters. The molecule has 18 heavy (non-hydrogen) atoms. The Labute approximate surface area is 115 Å². The highest BCUT2D eigenvalue weighted by molar-refractivity contribution is 6.89. The Kier molecular flexibility index (Phi) is 4.62. The van der Waals surface area contributed by atoms with E-state index in [4.69, 9.17) is 0 Å². The van der Waals surface area contributed by atoms with E-state index in [0.29, 0.717) is 0 Å². The van der Waals surface area contributed by atoms with Gasteiger partial charge in [0, 0.05) is 0 Å². The van der Waals surface area contributed by atoms with Crippen molar-refractivity contribution in [2.45, 2.75) is 46.2 Å². The van der Waals surface area contributed by atoms with Crippen molar-refractivity contribution in [2.24, 2.45) is 0 Å². The zero-order valence-corrected chi connectivity index (χ0v) is 14.9. The molecule has 0 bridgehead atoms. The van der Waals surface area contributed by atoms with Crippen LogP contribution >= 0.6 is 0 Å². The van der Waals surface area contributed by atoms with Crippen molar-refractivity contribution in [3.63, 3.8) is 0 Å². The van der Waals surface area contributed by atoms with Crippen LogP contribution in [0.4, 0.5) is 0 Å². The molecule has 0 radical (unpaired) electrons. The Morgan fingerprint density at radius 3 is 1.72 bits per heavy atom. The topological polar surface area (TPSA) is 3.24 Å². The normalized spacial score (nSPS) is 13.6. The van der Waals surface area contributed by atoms with Gasteiger partial charge in [-0.15, -0.1) is 0 Å². The van der Waals surface area contributed by atoms with Crippen LogP contribution in [0.25, 0.3) is 5.57 Å². The highest BCUT2D eigenvalue weighted by Crippen LogP contribution is 2.24. The predicted octanol–water partition coefficient (Wildman–Crippen LogP) is 5.02. The molecule has 0 aliphatic heterocycles. The summed E-state index contributed by atoms with van der Waals surface area (Å²) in [6, 6.07) is 10.7. The van der Waals surface area contributed by atoms with Crippen molar-refractivity contribution in [1.82, 2.24) is 4.23 Å². The van der Waals surface area contributed by atoms with Gasteiger partial charge in [0.25, 0.3) is 0 Å². The first-order chi connectivity index (χ1) is 8.12.